The highest BCUT2D eigenvalue weighted by atomic mass is 79.9. The van der Waals surface area contributed by atoms with Gasteiger partial charge in [0.1, 0.15) is 11.5 Å². The second kappa shape index (κ2) is 9.78. The van der Waals surface area contributed by atoms with Gasteiger partial charge < -0.3 is 9.47 Å². The zero-order valence-corrected chi connectivity index (χ0v) is 18.4. The third kappa shape index (κ3) is 5.03. The molecule has 1 saturated carbocycles. The molecule has 1 aliphatic carbocycles. The van der Waals surface area contributed by atoms with Crippen molar-refractivity contribution in [2.45, 2.75) is 31.1 Å². The summed E-state index contributed by atoms with van der Waals surface area (Å²) in [5.74, 6) is 1.57. The Hall–Kier alpha value is -2.02. The van der Waals surface area contributed by atoms with Crippen LogP contribution in [0.15, 0.2) is 45.3 Å². The van der Waals surface area contributed by atoms with Crippen LogP contribution in [0.4, 0.5) is 0 Å². The second-order valence-electron chi connectivity index (χ2n) is 6.18. The van der Waals surface area contributed by atoms with Crippen molar-refractivity contribution in [3.05, 3.63) is 56.5 Å². The first-order valence-corrected chi connectivity index (χ1v) is 10.0. The number of rotatable bonds is 4. The lowest BCUT2D eigenvalue weighted by molar-refractivity contribution is 0.307. The van der Waals surface area contributed by atoms with Gasteiger partial charge in [0.15, 0.2) is 0 Å². The molecule has 0 atom stereocenters. The van der Waals surface area contributed by atoms with Crippen LogP contribution >= 0.6 is 31.9 Å². The number of halogens is 2. The molecule has 0 bridgehead atoms. The summed E-state index contributed by atoms with van der Waals surface area (Å²) >= 11 is 6.73. The standard InChI is InChI=1S/C12H12BrNO.C9H8BrNO/c1-15-11-7-9(13)3-4-10(11)12(8-14)5-2-6-12;1-12-9-6-8(10)3-2-7(9)4-5-11/h3-4,7H,2,5-6H2,1H3;2-3,6H,4H2,1H3. The van der Waals surface area contributed by atoms with Crippen molar-refractivity contribution in [2.24, 2.45) is 0 Å². The second-order valence-corrected chi connectivity index (χ2v) is 8.01. The van der Waals surface area contributed by atoms with Gasteiger partial charge in [0.05, 0.1) is 38.2 Å². The first-order chi connectivity index (χ1) is 13.0. The van der Waals surface area contributed by atoms with E-state index in [1.165, 1.54) is 0 Å². The summed E-state index contributed by atoms with van der Waals surface area (Å²) < 4.78 is 12.4. The summed E-state index contributed by atoms with van der Waals surface area (Å²) in [7, 11) is 3.25. The van der Waals surface area contributed by atoms with Gasteiger partial charge in [0.2, 0.25) is 0 Å². The monoisotopic (exact) mass is 490 g/mol. The van der Waals surface area contributed by atoms with Crippen LogP contribution in [-0.2, 0) is 11.8 Å². The molecule has 0 aromatic heterocycles. The Morgan fingerprint density at radius 3 is 2.04 bits per heavy atom. The van der Waals surface area contributed by atoms with Gasteiger partial charge in [-0.3, -0.25) is 0 Å². The molecule has 6 heteroatoms. The molecule has 0 amide bonds. The summed E-state index contributed by atoms with van der Waals surface area (Å²) in [6.07, 6.45) is 3.41. The number of hydrogen-bond acceptors (Lipinski definition) is 4. The Kier molecular flexibility index (Phi) is 7.71. The van der Waals surface area contributed by atoms with Crippen molar-refractivity contribution in [3.8, 4) is 23.6 Å². The number of ether oxygens (including phenoxy) is 2. The van der Waals surface area contributed by atoms with Gasteiger partial charge >= 0.3 is 0 Å². The number of benzene rings is 2. The maximum absolute atomic E-state index is 9.26. The van der Waals surface area contributed by atoms with E-state index in [9.17, 15) is 5.26 Å². The average Bonchev–Trinajstić information content (AvgIpc) is 2.64. The largest absolute Gasteiger partial charge is 0.496 e. The van der Waals surface area contributed by atoms with E-state index >= 15 is 0 Å². The molecule has 140 valence electrons. The molecule has 0 aliphatic heterocycles. The molecule has 3 rings (SSSR count). The normalized spacial score (nSPS) is 13.9. The maximum Gasteiger partial charge on any atom is 0.124 e. The molecule has 27 heavy (non-hydrogen) atoms. The molecule has 1 aliphatic rings. The first-order valence-electron chi connectivity index (χ1n) is 8.44. The highest BCUT2D eigenvalue weighted by Crippen LogP contribution is 2.47. The smallest absolute Gasteiger partial charge is 0.124 e. The summed E-state index contributed by atoms with van der Waals surface area (Å²) in [6, 6.07) is 16.0. The number of hydrogen-bond donors (Lipinski definition) is 0. The Bertz CT molecular complexity index is 881. The summed E-state index contributed by atoms with van der Waals surface area (Å²) in [6.45, 7) is 0. The summed E-state index contributed by atoms with van der Waals surface area (Å²) in [4.78, 5) is 0. The summed E-state index contributed by atoms with van der Waals surface area (Å²) in [5.41, 5.74) is 1.65. The minimum atomic E-state index is -0.300. The van der Waals surface area contributed by atoms with E-state index in [1.807, 2.05) is 36.4 Å². The zero-order chi connectivity index (χ0) is 19.9. The minimum absolute atomic E-state index is 0.300. The fraction of sp³-hybridized carbons (Fsp3) is 0.333. The third-order valence-electron chi connectivity index (χ3n) is 4.62. The highest BCUT2D eigenvalue weighted by molar-refractivity contribution is 9.10. The third-order valence-corrected chi connectivity index (χ3v) is 5.61. The SMILES string of the molecule is COc1cc(Br)ccc1C1(C#N)CCC1.COc1cc(Br)ccc1CC#N. The van der Waals surface area contributed by atoms with E-state index < -0.39 is 0 Å². The molecule has 4 nitrogen and oxygen atoms in total. The molecule has 0 unspecified atom stereocenters. The Morgan fingerprint density at radius 2 is 1.56 bits per heavy atom. The van der Waals surface area contributed by atoms with Crippen LogP contribution in [0.5, 0.6) is 11.5 Å². The fourth-order valence-corrected chi connectivity index (χ4v) is 3.66. The average molecular weight is 492 g/mol. The Balaban J connectivity index is 0.000000199. The van der Waals surface area contributed by atoms with Crippen LogP contribution in [0.1, 0.15) is 30.4 Å². The van der Waals surface area contributed by atoms with Crippen molar-refractivity contribution in [3.63, 3.8) is 0 Å². The topological polar surface area (TPSA) is 66.0 Å². The zero-order valence-electron chi connectivity index (χ0n) is 15.3. The molecule has 0 spiro atoms. The predicted octanol–water partition coefficient (Wildman–Crippen LogP) is 5.93. The van der Waals surface area contributed by atoms with E-state index in [-0.39, 0.29) is 5.41 Å². The van der Waals surface area contributed by atoms with Crippen LogP contribution in [0.25, 0.3) is 0 Å². The molecule has 0 radical (unpaired) electrons. The molecule has 2 aromatic rings. The first kappa shape index (κ1) is 21.3. The highest BCUT2D eigenvalue weighted by Gasteiger charge is 2.41. The molecule has 2 aromatic carbocycles. The van der Waals surface area contributed by atoms with Crippen molar-refractivity contribution in [1.29, 1.82) is 10.5 Å². The quantitative estimate of drug-likeness (QED) is 0.531. The van der Waals surface area contributed by atoms with Crippen LogP contribution < -0.4 is 9.47 Å². The van der Waals surface area contributed by atoms with Gasteiger partial charge in [0, 0.05) is 20.1 Å². The lowest BCUT2D eigenvalue weighted by atomic mass is 9.65. The molecule has 0 N–H and O–H groups in total. The van der Waals surface area contributed by atoms with Gasteiger partial charge in [-0.05, 0) is 43.5 Å². The Labute approximate surface area is 177 Å². The lowest BCUT2D eigenvalue weighted by Crippen LogP contribution is -2.32. The van der Waals surface area contributed by atoms with E-state index in [0.717, 1.165) is 50.8 Å². The minimum Gasteiger partial charge on any atom is -0.496 e. The molecular weight excluding hydrogens is 472 g/mol. The van der Waals surface area contributed by atoms with Gasteiger partial charge in [-0.1, -0.05) is 44.0 Å². The van der Waals surface area contributed by atoms with Gasteiger partial charge in [0.25, 0.3) is 0 Å². The Morgan fingerprint density at radius 1 is 0.963 bits per heavy atom. The lowest BCUT2D eigenvalue weighted by Gasteiger charge is -2.36. The van der Waals surface area contributed by atoms with Crippen molar-refractivity contribution in [1.82, 2.24) is 0 Å². The summed E-state index contributed by atoms with van der Waals surface area (Å²) in [5, 5.41) is 17.8. The maximum atomic E-state index is 9.26. The van der Waals surface area contributed by atoms with Crippen molar-refractivity contribution >= 4 is 31.9 Å². The van der Waals surface area contributed by atoms with E-state index in [2.05, 4.69) is 44.0 Å². The number of nitriles is 2. The molecule has 0 heterocycles. The molecule has 0 saturated heterocycles. The number of nitrogens with zero attached hydrogens (tertiary/aromatic N) is 2. The van der Waals surface area contributed by atoms with Crippen LogP contribution in [0, 0.1) is 22.7 Å². The molecular formula is C21H20Br2N2O2. The van der Waals surface area contributed by atoms with Crippen LogP contribution in [0.3, 0.4) is 0 Å². The van der Waals surface area contributed by atoms with Gasteiger partial charge in [-0.2, -0.15) is 10.5 Å². The van der Waals surface area contributed by atoms with E-state index in [4.69, 9.17) is 14.7 Å². The predicted molar refractivity (Wildman–Crippen MR) is 112 cm³/mol. The van der Waals surface area contributed by atoms with Crippen LogP contribution in [0.2, 0.25) is 0 Å². The van der Waals surface area contributed by atoms with E-state index in [1.54, 1.807) is 14.2 Å². The van der Waals surface area contributed by atoms with E-state index in [0.29, 0.717) is 6.42 Å². The van der Waals surface area contributed by atoms with Crippen LogP contribution in [-0.4, -0.2) is 14.2 Å². The van der Waals surface area contributed by atoms with Crippen molar-refractivity contribution < 1.29 is 9.47 Å². The fourth-order valence-electron chi connectivity index (χ4n) is 2.98. The number of methoxy groups -OCH3 is 2. The van der Waals surface area contributed by atoms with Gasteiger partial charge in [-0.15, -0.1) is 0 Å². The van der Waals surface area contributed by atoms with Gasteiger partial charge in [-0.25, -0.2) is 0 Å². The molecule has 1 fully saturated rings. The van der Waals surface area contributed by atoms with Crippen molar-refractivity contribution in [2.75, 3.05) is 14.2 Å².